The van der Waals surface area contributed by atoms with E-state index < -0.39 is 0 Å². The van der Waals surface area contributed by atoms with Crippen LogP contribution in [0.1, 0.15) is 30.7 Å². The molecular weight excluding hydrogens is 252 g/mol. The number of hydrogen-bond acceptors (Lipinski definition) is 5. The number of rotatable bonds is 4. The number of pyridine rings is 1. The van der Waals surface area contributed by atoms with E-state index in [1.54, 1.807) is 12.4 Å². The van der Waals surface area contributed by atoms with Gasteiger partial charge in [0.2, 0.25) is 11.7 Å². The predicted octanol–water partition coefficient (Wildman–Crippen LogP) is 2.37. The van der Waals surface area contributed by atoms with E-state index in [-0.39, 0.29) is 0 Å². The maximum atomic E-state index is 5.36. The molecule has 106 valence electrons. The van der Waals surface area contributed by atoms with Crippen LogP contribution < -0.4 is 5.32 Å². The molecule has 1 N–H and O–H groups in total. The van der Waals surface area contributed by atoms with E-state index in [0.29, 0.717) is 5.82 Å². The second-order valence-electron chi connectivity index (χ2n) is 5.45. The molecule has 1 unspecified atom stereocenters. The Hall–Kier alpha value is -1.75. The normalized spacial score (nSPS) is 19.1. The average Bonchev–Trinajstić information content (AvgIpc) is 2.95. The second-order valence-corrected chi connectivity index (χ2v) is 5.45. The third-order valence-electron chi connectivity index (χ3n) is 3.91. The number of aromatic nitrogens is 3. The summed E-state index contributed by atoms with van der Waals surface area (Å²) < 4.78 is 5.36. The zero-order chi connectivity index (χ0) is 13.8. The fraction of sp³-hybridized carbons (Fsp3) is 0.533. The van der Waals surface area contributed by atoms with Gasteiger partial charge in [-0.3, -0.25) is 4.98 Å². The fourth-order valence-electron chi connectivity index (χ4n) is 2.66. The van der Waals surface area contributed by atoms with Gasteiger partial charge in [0.1, 0.15) is 0 Å². The second kappa shape index (κ2) is 6.13. The number of aryl methyl sites for hydroxylation is 2. The number of hydrogen-bond donors (Lipinski definition) is 1. The summed E-state index contributed by atoms with van der Waals surface area (Å²) in [7, 11) is 0. The van der Waals surface area contributed by atoms with Crippen molar-refractivity contribution in [3.63, 3.8) is 0 Å². The van der Waals surface area contributed by atoms with E-state index in [2.05, 4.69) is 20.4 Å². The van der Waals surface area contributed by atoms with Gasteiger partial charge in [-0.1, -0.05) is 5.16 Å². The molecule has 2 aromatic rings. The highest BCUT2D eigenvalue weighted by Crippen LogP contribution is 2.21. The van der Waals surface area contributed by atoms with Crippen LogP contribution in [-0.4, -0.2) is 28.2 Å². The Morgan fingerprint density at radius 1 is 1.45 bits per heavy atom. The van der Waals surface area contributed by atoms with E-state index in [4.69, 9.17) is 4.52 Å². The van der Waals surface area contributed by atoms with Gasteiger partial charge < -0.3 is 9.84 Å². The third kappa shape index (κ3) is 3.04. The molecule has 1 aliphatic heterocycles. The fourth-order valence-corrected chi connectivity index (χ4v) is 2.66. The van der Waals surface area contributed by atoms with Gasteiger partial charge in [0.05, 0.1) is 0 Å². The molecule has 0 spiro atoms. The lowest BCUT2D eigenvalue weighted by molar-refractivity contribution is 0.327. The summed E-state index contributed by atoms with van der Waals surface area (Å²) in [5.74, 6) is 2.11. The number of nitrogens with zero attached hydrogens (tertiary/aromatic N) is 3. The van der Waals surface area contributed by atoms with Crippen molar-refractivity contribution in [2.45, 2.75) is 32.6 Å². The third-order valence-corrected chi connectivity index (χ3v) is 3.91. The van der Waals surface area contributed by atoms with E-state index in [1.165, 1.54) is 12.8 Å². The standard InChI is InChI=1S/C15H20N4O/c1-11-6-8-17-10-13(11)15-18-14(20-19-15)5-4-12-3-2-7-16-9-12/h6,8,10,12,16H,2-5,7,9H2,1H3. The van der Waals surface area contributed by atoms with Crippen LogP contribution in [0.15, 0.2) is 23.0 Å². The van der Waals surface area contributed by atoms with Crippen LogP contribution in [0.25, 0.3) is 11.4 Å². The topological polar surface area (TPSA) is 63.8 Å². The van der Waals surface area contributed by atoms with E-state index in [0.717, 1.165) is 48.9 Å². The maximum Gasteiger partial charge on any atom is 0.226 e. The summed E-state index contributed by atoms with van der Waals surface area (Å²) in [5.41, 5.74) is 2.06. The Balaban J connectivity index is 1.63. The molecule has 0 saturated carbocycles. The van der Waals surface area contributed by atoms with Crippen LogP contribution in [0.2, 0.25) is 0 Å². The lowest BCUT2D eigenvalue weighted by Crippen LogP contribution is -2.29. The first kappa shape index (κ1) is 13.2. The zero-order valence-electron chi connectivity index (χ0n) is 11.8. The van der Waals surface area contributed by atoms with Crippen molar-refractivity contribution in [3.8, 4) is 11.4 Å². The molecule has 0 aromatic carbocycles. The highest BCUT2D eigenvalue weighted by Gasteiger charge is 2.15. The van der Waals surface area contributed by atoms with Crippen LogP contribution in [0.3, 0.4) is 0 Å². The minimum Gasteiger partial charge on any atom is -0.339 e. The molecule has 0 amide bonds. The zero-order valence-corrected chi connectivity index (χ0v) is 11.8. The summed E-state index contributed by atoms with van der Waals surface area (Å²) in [6.45, 7) is 4.30. The van der Waals surface area contributed by atoms with Gasteiger partial charge in [0.25, 0.3) is 0 Å². The molecule has 2 aromatic heterocycles. The van der Waals surface area contributed by atoms with Gasteiger partial charge in [0, 0.05) is 24.4 Å². The van der Waals surface area contributed by atoms with Gasteiger partial charge in [-0.05, 0) is 56.8 Å². The van der Waals surface area contributed by atoms with Gasteiger partial charge in [-0.2, -0.15) is 4.98 Å². The van der Waals surface area contributed by atoms with Gasteiger partial charge in [-0.15, -0.1) is 0 Å². The molecular formula is C15H20N4O. The first-order valence-corrected chi connectivity index (χ1v) is 7.27. The molecule has 0 radical (unpaired) electrons. The molecule has 1 saturated heterocycles. The van der Waals surface area contributed by atoms with Crippen molar-refractivity contribution in [3.05, 3.63) is 29.9 Å². The van der Waals surface area contributed by atoms with E-state index in [1.807, 2.05) is 13.0 Å². The molecule has 20 heavy (non-hydrogen) atoms. The first-order valence-electron chi connectivity index (χ1n) is 7.27. The summed E-state index contributed by atoms with van der Waals surface area (Å²) in [6.07, 6.45) is 8.11. The Kier molecular flexibility index (Phi) is 4.06. The van der Waals surface area contributed by atoms with Gasteiger partial charge in [0.15, 0.2) is 0 Å². The molecule has 0 bridgehead atoms. The summed E-state index contributed by atoms with van der Waals surface area (Å²) >= 11 is 0. The number of piperidine rings is 1. The molecule has 0 aliphatic carbocycles. The Labute approximate surface area is 118 Å². The molecule has 1 aliphatic rings. The van der Waals surface area contributed by atoms with E-state index >= 15 is 0 Å². The first-order chi connectivity index (χ1) is 9.83. The van der Waals surface area contributed by atoms with Crippen molar-refractivity contribution < 1.29 is 4.52 Å². The Morgan fingerprint density at radius 3 is 3.20 bits per heavy atom. The Morgan fingerprint density at radius 2 is 2.40 bits per heavy atom. The monoisotopic (exact) mass is 272 g/mol. The maximum absolute atomic E-state index is 5.36. The molecule has 1 atom stereocenters. The lowest BCUT2D eigenvalue weighted by Gasteiger charge is -2.21. The highest BCUT2D eigenvalue weighted by atomic mass is 16.5. The molecule has 3 rings (SSSR count). The largest absolute Gasteiger partial charge is 0.339 e. The quantitative estimate of drug-likeness (QED) is 0.925. The molecule has 5 heteroatoms. The summed E-state index contributed by atoms with van der Waals surface area (Å²) in [4.78, 5) is 8.61. The SMILES string of the molecule is Cc1ccncc1-c1noc(CCC2CCCNC2)n1. The van der Waals surface area contributed by atoms with Crippen LogP contribution in [0.4, 0.5) is 0 Å². The van der Waals surface area contributed by atoms with Crippen LogP contribution >= 0.6 is 0 Å². The van der Waals surface area contributed by atoms with E-state index in [9.17, 15) is 0 Å². The minimum atomic E-state index is 0.646. The molecule has 5 nitrogen and oxygen atoms in total. The van der Waals surface area contributed by atoms with Crippen LogP contribution in [0.5, 0.6) is 0 Å². The van der Waals surface area contributed by atoms with Crippen molar-refractivity contribution >= 4 is 0 Å². The van der Waals surface area contributed by atoms with Crippen molar-refractivity contribution in [1.29, 1.82) is 0 Å². The minimum absolute atomic E-state index is 0.646. The van der Waals surface area contributed by atoms with Crippen molar-refractivity contribution in [2.75, 3.05) is 13.1 Å². The molecule has 3 heterocycles. The smallest absolute Gasteiger partial charge is 0.226 e. The van der Waals surface area contributed by atoms with Crippen LogP contribution in [-0.2, 0) is 6.42 Å². The molecule has 1 fully saturated rings. The predicted molar refractivity (Wildman–Crippen MR) is 76.2 cm³/mol. The van der Waals surface area contributed by atoms with Gasteiger partial charge in [-0.25, -0.2) is 0 Å². The number of nitrogens with one attached hydrogen (secondary N) is 1. The highest BCUT2D eigenvalue weighted by molar-refractivity contribution is 5.57. The van der Waals surface area contributed by atoms with Crippen molar-refractivity contribution in [1.82, 2.24) is 20.4 Å². The van der Waals surface area contributed by atoms with Crippen LogP contribution in [0, 0.1) is 12.8 Å². The van der Waals surface area contributed by atoms with Gasteiger partial charge >= 0.3 is 0 Å². The summed E-state index contributed by atoms with van der Waals surface area (Å²) in [5, 5.41) is 7.50. The Bertz CT molecular complexity index is 561. The average molecular weight is 272 g/mol. The van der Waals surface area contributed by atoms with Crippen molar-refractivity contribution in [2.24, 2.45) is 5.92 Å². The lowest BCUT2D eigenvalue weighted by atomic mass is 9.95. The summed E-state index contributed by atoms with van der Waals surface area (Å²) in [6, 6.07) is 1.96.